The molecule has 0 atom stereocenters. The molecule has 4 nitrogen and oxygen atoms in total. The monoisotopic (exact) mass is 324 g/mol. The number of nitrogens with one attached hydrogen (secondary N) is 2. The first kappa shape index (κ1) is 16.0. The van der Waals surface area contributed by atoms with Crippen molar-refractivity contribution >= 4 is 27.0 Å². The molecule has 0 unspecified atom stereocenters. The van der Waals surface area contributed by atoms with Crippen LogP contribution in [-0.2, 0) is 16.6 Å². The number of thiophene rings is 1. The van der Waals surface area contributed by atoms with E-state index in [0.717, 1.165) is 29.1 Å². The standard InChI is InChI=1S/C15H20N2O2S2/c1-3-9-16-13-4-6-14(7-5-13)21(18,19)17-11-15-12(2)8-10-20-15/h4-8,10,16-17H,3,9,11H2,1-2H3. The van der Waals surface area contributed by atoms with Gasteiger partial charge < -0.3 is 5.32 Å². The lowest BCUT2D eigenvalue weighted by Crippen LogP contribution is -2.23. The molecular formula is C15H20N2O2S2. The predicted octanol–water partition coefficient (Wildman–Crippen LogP) is 3.36. The smallest absolute Gasteiger partial charge is 0.240 e. The minimum atomic E-state index is -3.46. The van der Waals surface area contributed by atoms with Crippen LogP contribution in [0.15, 0.2) is 40.6 Å². The van der Waals surface area contributed by atoms with Crippen LogP contribution in [0.4, 0.5) is 5.69 Å². The first-order chi connectivity index (χ1) is 10.0. The number of anilines is 1. The van der Waals surface area contributed by atoms with Gasteiger partial charge in [-0.3, -0.25) is 0 Å². The second kappa shape index (κ2) is 7.06. The Balaban J connectivity index is 2.03. The average molecular weight is 324 g/mol. The molecule has 2 rings (SSSR count). The number of hydrogen-bond acceptors (Lipinski definition) is 4. The summed E-state index contributed by atoms with van der Waals surface area (Å²) < 4.78 is 27.1. The van der Waals surface area contributed by atoms with Crippen LogP contribution in [0.5, 0.6) is 0 Å². The van der Waals surface area contributed by atoms with Crippen molar-refractivity contribution in [3.8, 4) is 0 Å². The molecule has 0 fully saturated rings. The summed E-state index contributed by atoms with van der Waals surface area (Å²) in [6.45, 7) is 5.28. The molecule has 1 aromatic heterocycles. The quantitative estimate of drug-likeness (QED) is 0.821. The molecule has 0 radical (unpaired) electrons. The van der Waals surface area contributed by atoms with E-state index in [9.17, 15) is 8.42 Å². The van der Waals surface area contributed by atoms with Gasteiger partial charge in [-0.2, -0.15) is 0 Å². The summed E-state index contributed by atoms with van der Waals surface area (Å²) in [4.78, 5) is 1.33. The minimum absolute atomic E-state index is 0.291. The summed E-state index contributed by atoms with van der Waals surface area (Å²) >= 11 is 1.56. The second-order valence-corrected chi connectivity index (χ2v) is 7.57. The van der Waals surface area contributed by atoms with Gasteiger partial charge in [0.15, 0.2) is 0 Å². The maximum absolute atomic E-state index is 12.2. The molecule has 0 spiro atoms. The van der Waals surface area contributed by atoms with E-state index >= 15 is 0 Å². The Morgan fingerprint density at radius 1 is 1.14 bits per heavy atom. The maximum Gasteiger partial charge on any atom is 0.240 e. The summed E-state index contributed by atoms with van der Waals surface area (Å²) in [5.41, 5.74) is 2.05. The molecule has 0 saturated heterocycles. The molecule has 2 N–H and O–H groups in total. The van der Waals surface area contributed by atoms with Crippen molar-refractivity contribution in [2.45, 2.75) is 31.7 Å². The van der Waals surface area contributed by atoms with Gasteiger partial charge in [0, 0.05) is 23.7 Å². The number of benzene rings is 1. The zero-order chi connectivity index (χ0) is 15.3. The Hall–Kier alpha value is -1.37. The van der Waals surface area contributed by atoms with Crippen molar-refractivity contribution in [3.05, 3.63) is 46.2 Å². The molecular weight excluding hydrogens is 304 g/mol. The lowest BCUT2D eigenvalue weighted by atomic mass is 10.3. The largest absolute Gasteiger partial charge is 0.385 e. The van der Waals surface area contributed by atoms with Gasteiger partial charge in [0.05, 0.1) is 4.90 Å². The predicted molar refractivity (Wildman–Crippen MR) is 88.3 cm³/mol. The number of aryl methyl sites for hydroxylation is 1. The third kappa shape index (κ3) is 4.30. The van der Waals surface area contributed by atoms with E-state index in [1.54, 1.807) is 35.6 Å². The van der Waals surface area contributed by atoms with Crippen molar-refractivity contribution in [2.75, 3.05) is 11.9 Å². The highest BCUT2D eigenvalue weighted by molar-refractivity contribution is 7.89. The van der Waals surface area contributed by atoms with Crippen LogP contribution in [0.2, 0.25) is 0 Å². The zero-order valence-electron chi connectivity index (χ0n) is 12.2. The lowest BCUT2D eigenvalue weighted by molar-refractivity contribution is 0.582. The van der Waals surface area contributed by atoms with Gasteiger partial charge in [0.1, 0.15) is 0 Å². The fourth-order valence-corrected chi connectivity index (χ4v) is 3.78. The van der Waals surface area contributed by atoms with Gasteiger partial charge in [0.25, 0.3) is 0 Å². The van der Waals surface area contributed by atoms with Crippen LogP contribution < -0.4 is 10.0 Å². The minimum Gasteiger partial charge on any atom is -0.385 e. The molecule has 114 valence electrons. The fourth-order valence-electron chi connectivity index (χ4n) is 1.85. The van der Waals surface area contributed by atoms with Crippen molar-refractivity contribution < 1.29 is 8.42 Å². The molecule has 0 aliphatic rings. The topological polar surface area (TPSA) is 58.2 Å². The Kier molecular flexibility index (Phi) is 5.39. The Bertz CT molecular complexity index is 676. The van der Waals surface area contributed by atoms with E-state index in [-0.39, 0.29) is 0 Å². The van der Waals surface area contributed by atoms with E-state index in [2.05, 4.69) is 17.0 Å². The number of rotatable bonds is 7. The van der Waals surface area contributed by atoms with Crippen LogP contribution in [0.1, 0.15) is 23.8 Å². The third-order valence-corrected chi connectivity index (χ3v) is 5.57. The summed E-state index contributed by atoms with van der Waals surface area (Å²) in [5, 5.41) is 5.19. The van der Waals surface area contributed by atoms with E-state index in [1.165, 1.54) is 0 Å². The van der Waals surface area contributed by atoms with E-state index in [0.29, 0.717) is 11.4 Å². The molecule has 21 heavy (non-hydrogen) atoms. The SMILES string of the molecule is CCCNc1ccc(S(=O)(=O)NCc2sccc2C)cc1. The number of sulfonamides is 1. The Morgan fingerprint density at radius 2 is 1.86 bits per heavy atom. The van der Waals surface area contributed by atoms with Crippen LogP contribution >= 0.6 is 11.3 Å². The lowest BCUT2D eigenvalue weighted by Gasteiger charge is -2.08. The van der Waals surface area contributed by atoms with Gasteiger partial charge in [0.2, 0.25) is 10.0 Å². The van der Waals surface area contributed by atoms with Crippen LogP contribution in [0.25, 0.3) is 0 Å². The van der Waals surface area contributed by atoms with Gasteiger partial charge in [-0.05, 0) is 54.6 Å². The van der Waals surface area contributed by atoms with Crippen molar-refractivity contribution in [1.82, 2.24) is 4.72 Å². The highest BCUT2D eigenvalue weighted by Crippen LogP contribution is 2.18. The Morgan fingerprint density at radius 3 is 2.43 bits per heavy atom. The van der Waals surface area contributed by atoms with Crippen LogP contribution in [0.3, 0.4) is 0 Å². The normalized spacial score (nSPS) is 11.5. The van der Waals surface area contributed by atoms with E-state index in [4.69, 9.17) is 0 Å². The average Bonchev–Trinajstić information content (AvgIpc) is 2.89. The number of hydrogen-bond donors (Lipinski definition) is 2. The second-order valence-electron chi connectivity index (χ2n) is 4.80. The van der Waals surface area contributed by atoms with Gasteiger partial charge in [-0.15, -0.1) is 11.3 Å². The summed E-state index contributed by atoms with van der Waals surface area (Å²) in [6, 6.07) is 8.83. The van der Waals surface area contributed by atoms with Gasteiger partial charge in [-0.25, -0.2) is 13.1 Å². The highest BCUT2D eigenvalue weighted by atomic mass is 32.2. The van der Waals surface area contributed by atoms with Crippen molar-refractivity contribution in [2.24, 2.45) is 0 Å². The summed E-state index contributed by atoms with van der Waals surface area (Å²) in [7, 11) is -3.46. The van der Waals surface area contributed by atoms with E-state index < -0.39 is 10.0 Å². The first-order valence-electron chi connectivity index (χ1n) is 6.89. The molecule has 0 bridgehead atoms. The van der Waals surface area contributed by atoms with E-state index in [1.807, 2.05) is 18.4 Å². The van der Waals surface area contributed by atoms with Crippen LogP contribution in [-0.4, -0.2) is 15.0 Å². The molecule has 0 aliphatic carbocycles. The van der Waals surface area contributed by atoms with Gasteiger partial charge in [-0.1, -0.05) is 6.92 Å². The van der Waals surface area contributed by atoms with Gasteiger partial charge >= 0.3 is 0 Å². The molecule has 0 saturated carbocycles. The first-order valence-corrected chi connectivity index (χ1v) is 9.26. The Labute approximate surface area is 130 Å². The zero-order valence-corrected chi connectivity index (χ0v) is 13.9. The third-order valence-electron chi connectivity index (χ3n) is 3.13. The molecule has 0 amide bonds. The molecule has 2 aromatic rings. The fraction of sp³-hybridized carbons (Fsp3) is 0.333. The van der Waals surface area contributed by atoms with Crippen molar-refractivity contribution in [1.29, 1.82) is 0 Å². The summed E-state index contributed by atoms with van der Waals surface area (Å²) in [5.74, 6) is 0. The molecule has 6 heteroatoms. The van der Waals surface area contributed by atoms with Crippen LogP contribution in [0, 0.1) is 6.92 Å². The molecule has 1 heterocycles. The van der Waals surface area contributed by atoms with Crippen molar-refractivity contribution in [3.63, 3.8) is 0 Å². The maximum atomic E-state index is 12.2. The molecule has 0 aliphatic heterocycles. The summed E-state index contributed by atoms with van der Waals surface area (Å²) in [6.07, 6.45) is 1.03. The molecule has 1 aromatic carbocycles. The highest BCUT2D eigenvalue weighted by Gasteiger charge is 2.14.